The number of fused-ring (bicyclic) bond motifs is 1. The lowest BCUT2D eigenvalue weighted by Crippen LogP contribution is -2.14. The van der Waals surface area contributed by atoms with Crippen LogP contribution in [-0.2, 0) is 9.47 Å². The van der Waals surface area contributed by atoms with Crippen LogP contribution >= 0.6 is 0 Å². The molecule has 0 aliphatic carbocycles. The van der Waals surface area contributed by atoms with Crippen molar-refractivity contribution in [2.75, 3.05) is 20.8 Å². The van der Waals surface area contributed by atoms with E-state index < -0.39 is 6.29 Å². The van der Waals surface area contributed by atoms with Gasteiger partial charge in [-0.1, -0.05) is 36.4 Å². The van der Waals surface area contributed by atoms with Crippen LogP contribution in [0.1, 0.15) is 29.4 Å². The summed E-state index contributed by atoms with van der Waals surface area (Å²) in [5.74, 6) is 2.10. The summed E-state index contributed by atoms with van der Waals surface area (Å²) >= 11 is 0. The molecule has 0 N–H and O–H groups in total. The summed E-state index contributed by atoms with van der Waals surface area (Å²) < 4.78 is 22.9. The second kappa shape index (κ2) is 7.90. The van der Waals surface area contributed by atoms with Crippen LogP contribution in [0.3, 0.4) is 0 Å². The molecule has 1 atom stereocenters. The Hall–Kier alpha value is -2.72. The molecule has 0 saturated heterocycles. The summed E-state index contributed by atoms with van der Waals surface area (Å²) in [7, 11) is 3.25. The van der Waals surface area contributed by atoms with Crippen molar-refractivity contribution < 1.29 is 18.9 Å². The minimum Gasteiger partial charge on any atom is -0.493 e. The van der Waals surface area contributed by atoms with E-state index in [0.29, 0.717) is 18.1 Å². The van der Waals surface area contributed by atoms with Gasteiger partial charge in [0.05, 0.1) is 20.8 Å². The predicted molar refractivity (Wildman–Crippen MR) is 98.5 cm³/mol. The Bertz CT molecular complexity index is 765. The van der Waals surface area contributed by atoms with E-state index in [2.05, 4.69) is 6.58 Å². The monoisotopic (exact) mass is 338 g/mol. The smallest absolute Gasteiger partial charge is 0.227 e. The fraction of sp³-hybridized carbons (Fsp3) is 0.238. The number of hydrogen-bond acceptors (Lipinski definition) is 4. The molecule has 4 nitrogen and oxygen atoms in total. The molecular formula is C21H22O4. The molecule has 0 radical (unpaired) electrons. The minimum atomic E-state index is -0.505. The fourth-order valence-electron chi connectivity index (χ4n) is 2.73. The lowest BCUT2D eigenvalue weighted by atomic mass is 10.0. The Kier molecular flexibility index (Phi) is 5.41. The van der Waals surface area contributed by atoms with Gasteiger partial charge in [-0.05, 0) is 30.2 Å². The van der Waals surface area contributed by atoms with Crippen molar-refractivity contribution in [1.82, 2.24) is 0 Å². The van der Waals surface area contributed by atoms with E-state index in [1.807, 2.05) is 54.6 Å². The van der Waals surface area contributed by atoms with E-state index in [1.54, 1.807) is 14.2 Å². The highest BCUT2D eigenvalue weighted by Crippen LogP contribution is 2.41. The van der Waals surface area contributed by atoms with Gasteiger partial charge >= 0.3 is 0 Å². The average Bonchev–Trinajstić information content (AvgIpc) is 2.67. The zero-order valence-electron chi connectivity index (χ0n) is 14.5. The van der Waals surface area contributed by atoms with E-state index >= 15 is 0 Å². The average molecular weight is 338 g/mol. The molecule has 2 aromatic carbocycles. The van der Waals surface area contributed by atoms with Crippen LogP contribution in [0.25, 0.3) is 11.8 Å². The SMILES string of the molecule is C=CCCOC1OC(c2ccccc2)=Cc2cc(OC)c(OC)cc21. The Morgan fingerprint density at radius 3 is 2.48 bits per heavy atom. The highest BCUT2D eigenvalue weighted by atomic mass is 16.7. The highest BCUT2D eigenvalue weighted by molar-refractivity contribution is 5.81. The summed E-state index contributed by atoms with van der Waals surface area (Å²) in [6, 6.07) is 13.8. The molecule has 130 valence electrons. The molecule has 1 aliphatic heterocycles. The van der Waals surface area contributed by atoms with Crippen molar-refractivity contribution >= 4 is 11.8 Å². The fourth-order valence-corrected chi connectivity index (χ4v) is 2.73. The van der Waals surface area contributed by atoms with Gasteiger partial charge in [0.15, 0.2) is 11.5 Å². The molecule has 0 amide bonds. The molecule has 1 heterocycles. The standard InChI is InChI=1S/C21H22O4/c1-4-5-11-24-21-17-14-20(23-3)19(22-2)13-16(17)12-18(25-21)15-9-7-6-8-10-15/h4,6-10,12-14,21H,1,5,11H2,2-3H3. The maximum Gasteiger partial charge on any atom is 0.227 e. The summed E-state index contributed by atoms with van der Waals surface area (Å²) in [6.45, 7) is 4.26. The number of methoxy groups -OCH3 is 2. The number of ether oxygens (including phenoxy) is 4. The Morgan fingerprint density at radius 2 is 1.80 bits per heavy atom. The molecular weight excluding hydrogens is 316 g/mol. The van der Waals surface area contributed by atoms with Gasteiger partial charge in [-0.2, -0.15) is 0 Å². The van der Waals surface area contributed by atoms with Crippen LogP contribution in [0.4, 0.5) is 0 Å². The molecule has 25 heavy (non-hydrogen) atoms. The predicted octanol–water partition coefficient (Wildman–Crippen LogP) is 4.82. The van der Waals surface area contributed by atoms with Gasteiger partial charge < -0.3 is 18.9 Å². The summed E-state index contributed by atoms with van der Waals surface area (Å²) in [5, 5.41) is 0. The first-order valence-electron chi connectivity index (χ1n) is 8.19. The largest absolute Gasteiger partial charge is 0.493 e. The van der Waals surface area contributed by atoms with Crippen molar-refractivity contribution in [2.45, 2.75) is 12.7 Å². The van der Waals surface area contributed by atoms with Crippen LogP contribution in [-0.4, -0.2) is 20.8 Å². The molecule has 0 spiro atoms. The van der Waals surface area contributed by atoms with Crippen LogP contribution in [0, 0.1) is 0 Å². The van der Waals surface area contributed by atoms with Gasteiger partial charge in [0.1, 0.15) is 5.76 Å². The van der Waals surface area contributed by atoms with Crippen molar-refractivity contribution in [3.8, 4) is 11.5 Å². The third kappa shape index (κ3) is 3.69. The van der Waals surface area contributed by atoms with Crippen molar-refractivity contribution in [2.24, 2.45) is 0 Å². The second-order valence-corrected chi connectivity index (χ2v) is 5.61. The van der Waals surface area contributed by atoms with E-state index in [9.17, 15) is 0 Å². The first kappa shape index (κ1) is 17.1. The van der Waals surface area contributed by atoms with Gasteiger partial charge in [0, 0.05) is 11.1 Å². The Morgan fingerprint density at radius 1 is 1.08 bits per heavy atom. The van der Waals surface area contributed by atoms with Crippen LogP contribution in [0.5, 0.6) is 11.5 Å². The highest BCUT2D eigenvalue weighted by Gasteiger charge is 2.26. The molecule has 0 fully saturated rings. The van der Waals surface area contributed by atoms with Crippen LogP contribution in [0.2, 0.25) is 0 Å². The zero-order valence-corrected chi connectivity index (χ0v) is 14.5. The number of hydrogen-bond donors (Lipinski definition) is 0. The summed E-state index contributed by atoms with van der Waals surface area (Å²) in [4.78, 5) is 0. The third-order valence-corrected chi connectivity index (χ3v) is 4.01. The first-order chi connectivity index (χ1) is 12.3. The minimum absolute atomic E-state index is 0.505. The molecule has 4 heteroatoms. The van der Waals surface area contributed by atoms with Crippen LogP contribution in [0.15, 0.2) is 55.1 Å². The molecule has 0 aromatic heterocycles. The molecule has 1 aliphatic rings. The Labute approximate surface area is 148 Å². The lowest BCUT2D eigenvalue weighted by Gasteiger charge is -2.28. The maximum atomic E-state index is 6.13. The van der Waals surface area contributed by atoms with Gasteiger partial charge in [0.25, 0.3) is 0 Å². The second-order valence-electron chi connectivity index (χ2n) is 5.61. The molecule has 0 bridgehead atoms. The number of rotatable bonds is 7. The van der Waals surface area contributed by atoms with Crippen molar-refractivity contribution in [1.29, 1.82) is 0 Å². The van der Waals surface area contributed by atoms with Gasteiger partial charge in [0.2, 0.25) is 6.29 Å². The molecule has 2 aromatic rings. The van der Waals surface area contributed by atoms with E-state index in [4.69, 9.17) is 18.9 Å². The summed E-state index contributed by atoms with van der Waals surface area (Å²) in [5.41, 5.74) is 2.91. The lowest BCUT2D eigenvalue weighted by molar-refractivity contribution is -0.100. The van der Waals surface area contributed by atoms with E-state index in [0.717, 1.165) is 28.9 Å². The van der Waals surface area contributed by atoms with Gasteiger partial charge in [-0.15, -0.1) is 6.58 Å². The first-order valence-corrected chi connectivity index (χ1v) is 8.19. The zero-order chi connectivity index (χ0) is 17.6. The van der Waals surface area contributed by atoms with Gasteiger partial charge in [-0.3, -0.25) is 0 Å². The van der Waals surface area contributed by atoms with E-state index in [1.165, 1.54) is 0 Å². The molecule has 0 saturated carbocycles. The summed E-state index contributed by atoms with van der Waals surface area (Å²) in [6.07, 6.45) is 4.08. The molecule has 3 rings (SSSR count). The molecule has 1 unspecified atom stereocenters. The van der Waals surface area contributed by atoms with Crippen molar-refractivity contribution in [3.05, 3.63) is 71.8 Å². The van der Waals surface area contributed by atoms with Gasteiger partial charge in [-0.25, -0.2) is 0 Å². The van der Waals surface area contributed by atoms with E-state index in [-0.39, 0.29) is 0 Å². The number of benzene rings is 2. The maximum absolute atomic E-state index is 6.13. The van der Waals surface area contributed by atoms with Crippen LogP contribution < -0.4 is 9.47 Å². The normalized spacial score (nSPS) is 15.6. The topological polar surface area (TPSA) is 36.9 Å². The third-order valence-electron chi connectivity index (χ3n) is 4.01. The quantitative estimate of drug-likeness (QED) is 0.535. The Balaban J connectivity index is 2.03. The van der Waals surface area contributed by atoms with Crippen molar-refractivity contribution in [3.63, 3.8) is 0 Å².